The van der Waals surface area contributed by atoms with Crippen molar-refractivity contribution < 1.29 is 9.53 Å². The average Bonchev–Trinajstić information content (AvgIpc) is 2.91. The molecule has 0 unspecified atom stereocenters. The molecule has 0 radical (unpaired) electrons. The first-order valence-corrected chi connectivity index (χ1v) is 6.87. The Morgan fingerprint density at radius 3 is 2.58 bits per heavy atom. The van der Waals surface area contributed by atoms with Crippen molar-refractivity contribution in [2.45, 2.75) is 33.7 Å². The lowest BCUT2D eigenvalue weighted by Gasteiger charge is -2.10. The van der Waals surface area contributed by atoms with E-state index in [2.05, 4.69) is 10.1 Å². The zero-order valence-corrected chi connectivity index (χ0v) is 12.5. The van der Waals surface area contributed by atoms with Crippen LogP contribution in [0.3, 0.4) is 0 Å². The second-order valence-corrected chi connectivity index (χ2v) is 5.78. The molecule has 19 heavy (non-hydrogen) atoms. The fourth-order valence-corrected chi connectivity index (χ4v) is 2.81. The number of carbonyl (C=O) groups excluding carboxylic acids is 1. The number of ether oxygens (including phenoxy) is 1. The third kappa shape index (κ3) is 2.40. The Morgan fingerprint density at radius 1 is 1.42 bits per heavy atom. The number of thiazole rings is 1. The van der Waals surface area contributed by atoms with Crippen molar-refractivity contribution in [3.63, 3.8) is 0 Å². The highest BCUT2D eigenvalue weighted by atomic mass is 32.1. The number of aromatic nitrogens is 3. The highest BCUT2D eigenvalue weighted by Gasteiger charge is 2.25. The third-order valence-corrected chi connectivity index (χ3v) is 3.87. The molecule has 0 aliphatic rings. The number of ketones is 1. The molecule has 102 valence electrons. The molecule has 5 nitrogen and oxygen atoms in total. The topological polar surface area (TPSA) is 57.0 Å². The van der Waals surface area contributed by atoms with E-state index in [0.29, 0.717) is 16.3 Å². The lowest BCUT2D eigenvalue weighted by atomic mass is 10.2. The van der Waals surface area contributed by atoms with E-state index in [-0.39, 0.29) is 11.8 Å². The first-order chi connectivity index (χ1) is 8.95. The van der Waals surface area contributed by atoms with E-state index in [4.69, 9.17) is 4.74 Å². The molecule has 0 aliphatic heterocycles. The van der Waals surface area contributed by atoms with Gasteiger partial charge in [-0.25, -0.2) is 4.98 Å². The molecule has 0 fully saturated rings. The van der Waals surface area contributed by atoms with Gasteiger partial charge in [-0.3, -0.25) is 9.48 Å². The standard InChI is InChI=1S/C13H17N3O2S/c1-7(2)16-11(10(18-5)6-14-16)12(17)13-8(3)15-9(4)19-13/h6-7H,1-5H3. The van der Waals surface area contributed by atoms with Crippen LogP contribution in [-0.2, 0) is 0 Å². The van der Waals surface area contributed by atoms with Crippen LogP contribution in [0.1, 0.15) is 46.0 Å². The number of aryl methyl sites for hydroxylation is 2. The van der Waals surface area contributed by atoms with E-state index in [9.17, 15) is 4.79 Å². The average molecular weight is 279 g/mol. The van der Waals surface area contributed by atoms with Crippen molar-refractivity contribution in [1.82, 2.24) is 14.8 Å². The first kappa shape index (κ1) is 13.7. The number of methoxy groups -OCH3 is 1. The van der Waals surface area contributed by atoms with Gasteiger partial charge in [-0.1, -0.05) is 0 Å². The van der Waals surface area contributed by atoms with E-state index in [1.165, 1.54) is 11.3 Å². The zero-order valence-electron chi connectivity index (χ0n) is 11.7. The Hall–Kier alpha value is -1.69. The van der Waals surface area contributed by atoms with Gasteiger partial charge < -0.3 is 4.74 Å². The van der Waals surface area contributed by atoms with Gasteiger partial charge in [0, 0.05) is 6.04 Å². The fraction of sp³-hybridized carbons (Fsp3) is 0.462. The summed E-state index contributed by atoms with van der Waals surface area (Å²) >= 11 is 1.40. The van der Waals surface area contributed by atoms with Crippen LogP contribution >= 0.6 is 11.3 Å². The summed E-state index contributed by atoms with van der Waals surface area (Å²) in [6.45, 7) is 7.70. The quantitative estimate of drug-likeness (QED) is 0.807. The number of hydrogen-bond donors (Lipinski definition) is 0. The maximum absolute atomic E-state index is 12.7. The molecule has 6 heteroatoms. The largest absolute Gasteiger partial charge is 0.493 e. The number of hydrogen-bond acceptors (Lipinski definition) is 5. The maximum atomic E-state index is 12.7. The van der Waals surface area contributed by atoms with Crippen molar-refractivity contribution in [1.29, 1.82) is 0 Å². The molecule has 0 aromatic carbocycles. The lowest BCUT2D eigenvalue weighted by molar-refractivity contribution is 0.102. The van der Waals surface area contributed by atoms with Gasteiger partial charge in [0.2, 0.25) is 5.78 Å². The van der Waals surface area contributed by atoms with E-state index < -0.39 is 0 Å². The molecule has 0 spiro atoms. The summed E-state index contributed by atoms with van der Waals surface area (Å²) in [4.78, 5) is 17.6. The highest BCUT2D eigenvalue weighted by molar-refractivity contribution is 7.14. The van der Waals surface area contributed by atoms with E-state index in [1.807, 2.05) is 27.7 Å². The molecule has 2 aromatic heterocycles. The minimum absolute atomic E-state index is 0.0776. The molecule has 0 saturated heterocycles. The summed E-state index contributed by atoms with van der Waals surface area (Å²) in [5.74, 6) is 0.426. The minimum atomic E-state index is -0.0776. The van der Waals surface area contributed by atoms with Gasteiger partial charge in [-0.05, 0) is 27.7 Å². The second-order valence-electron chi connectivity index (χ2n) is 4.58. The Balaban J connectivity index is 2.54. The monoisotopic (exact) mass is 279 g/mol. The van der Waals surface area contributed by atoms with Gasteiger partial charge in [0.05, 0.1) is 28.9 Å². The van der Waals surface area contributed by atoms with Crippen LogP contribution < -0.4 is 4.74 Å². The van der Waals surface area contributed by atoms with Crippen LogP contribution in [0.4, 0.5) is 0 Å². The molecule has 0 bridgehead atoms. The molecular weight excluding hydrogens is 262 g/mol. The van der Waals surface area contributed by atoms with E-state index in [0.717, 1.165) is 10.7 Å². The summed E-state index contributed by atoms with van der Waals surface area (Å²) < 4.78 is 6.94. The molecule has 0 aliphatic carbocycles. The minimum Gasteiger partial charge on any atom is -0.493 e. The van der Waals surface area contributed by atoms with Gasteiger partial charge in [-0.2, -0.15) is 5.10 Å². The molecule has 2 aromatic rings. The van der Waals surface area contributed by atoms with Crippen LogP contribution in [-0.4, -0.2) is 27.7 Å². The van der Waals surface area contributed by atoms with Gasteiger partial charge in [0.25, 0.3) is 0 Å². The van der Waals surface area contributed by atoms with Crippen LogP contribution in [0, 0.1) is 13.8 Å². The zero-order chi connectivity index (χ0) is 14.2. The molecule has 2 rings (SSSR count). The van der Waals surface area contributed by atoms with Crippen LogP contribution in [0.2, 0.25) is 0 Å². The summed E-state index contributed by atoms with van der Waals surface area (Å²) in [5.41, 5.74) is 1.25. The van der Waals surface area contributed by atoms with Crippen molar-refractivity contribution in [3.8, 4) is 5.75 Å². The van der Waals surface area contributed by atoms with Crippen LogP contribution in [0.25, 0.3) is 0 Å². The predicted octanol–water partition coefficient (Wildman–Crippen LogP) is 2.78. The molecule has 2 heterocycles. The van der Waals surface area contributed by atoms with E-state index >= 15 is 0 Å². The SMILES string of the molecule is COc1cnn(C(C)C)c1C(=O)c1sc(C)nc1C. The Morgan fingerprint density at radius 2 is 2.11 bits per heavy atom. The van der Waals surface area contributed by atoms with Crippen LogP contribution in [0.15, 0.2) is 6.20 Å². The molecule has 0 N–H and O–H groups in total. The maximum Gasteiger partial charge on any atom is 0.226 e. The second kappa shape index (κ2) is 5.13. The normalized spacial score (nSPS) is 11.1. The predicted molar refractivity (Wildman–Crippen MR) is 74.2 cm³/mol. The van der Waals surface area contributed by atoms with Crippen molar-refractivity contribution in [3.05, 3.63) is 27.5 Å². The van der Waals surface area contributed by atoms with Crippen molar-refractivity contribution >= 4 is 17.1 Å². The summed E-state index contributed by atoms with van der Waals surface area (Å²) in [6.07, 6.45) is 1.58. The fourth-order valence-electron chi connectivity index (χ4n) is 1.95. The first-order valence-electron chi connectivity index (χ1n) is 6.06. The summed E-state index contributed by atoms with van der Waals surface area (Å²) in [5, 5.41) is 5.11. The van der Waals surface area contributed by atoms with Gasteiger partial charge >= 0.3 is 0 Å². The Bertz CT molecular complexity index is 613. The van der Waals surface area contributed by atoms with Crippen LogP contribution in [0.5, 0.6) is 5.75 Å². The number of nitrogens with zero attached hydrogens (tertiary/aromatic N) is 3. The smallest absolute Gasteiger partial charge is 0.226 e. The molecule has 0 saturated carbocycles. The van der Waals surface area contributed by atoms with Crippen molar-refractivity contribution in [2.24, 2.45) is 0 Å². The van der Waals surface area contributed by atoms with Gasteiger partial charge in [-0.15, -0.1) is 11.3 Å². The van der Waals surface area contributed by atoms with E-state index in [1.54, 1.807) is 18.0 Å². The Labute approximate surface area is 116 Å². The molecule has 0 amide bonds. The Kier molecular flexibility index (Phi) is 3.71. The van der Waals surface area contributed by atoms with Gasteiger partial charge in [0.15, 0.2) is 11.4 Å². The lowest BCUT2D eigenvalue weighted by Crippen LogP contribution is -2.14. The highest BCUT2D eigenvalue weighted by Crippen LogP contribution is 2.27. The summed E-state index contributed by atoms with van der Waals surface area (Å²) in [7, 11) is 1.54. The van der Waals surface area contributed by atoms with Gasteiger partial charge in [0.1, 0.15) is 0 Å². The summed E-state index contributed by atoms with van der Waals surface area (Å²) in [6, 6.07) is 0.0946. The van der Waals surface area contributed by atoms with Crippen molar-refractivity contribution in [2.75, 3.05) is 7.11 Å². The molecule has 0 atom stereocenters. The molecular formula is C13H17N3O2S. The number of rotatable bonds is 4. The third-order valence-electron chi connectivity index (χ3n) is 2.80. The number of carbonyl (C=O) groups is 1.